The lowest BCUT2D eigenvalue weighted by molar-refractivity contribution is 0.154. The van der Waals surface area contributed by atoms with Gasteiger partial charge in [0.1, 0.15) is 0 Å². The lowest BCUT2D eigenvalue weighted by atomic mass is 10.0. The fourth-order valence-corrected chi connectivity index (χ4v) is 2.55. The highest BCUT2D eigenvalue weighted by atomic mass is 15.2. The third kappa shape index (κ3) is 3.52. The average Bonchev–Trinajstić information content (AvgIpc) is 2.66. The first-order chi connectivity index (χ1) is 7.16. The van der Waals surface area contributed by atoms with E-state index < -0.39 is 0 Å². The third-order valence-corrected chi connectivity index (χ3v) is 3.34. The van der Waals surface area contributed by atoms with Crippen molar-refractivity contribution in [2.75, 3.05) is 19.6 Å². The molecule has 0 aliphatic carbocycles. The van der Waals surface area contributed by atoms with Gasteiger partial charge in [0.05, 0.1) is 6.54 Å². The molecule has 0 spiro atoms. The summed E-state index contributed by atoms with van der Waals surface area (Å²) >= 11 is 0. The molecule has 1 saturated heterocycles. The topological polar surface area (TPSA) is 15.3 Å². The maximum absolute atomic E-state index is 5.22. The Labute approximate surface area is 94.4 Å². The highest BCUT2D eigenvalue weighted by molar-refractivity contribution is 4.89. The quantitative estimate of drug-likeness (QED) is 0.547. The van der Waals surface area contributed by atoms with Gasteiger partial charge in [-0.2, -0.15) is 0 Å². The van der Waals surface area contributed by atoms with Crippen LogP contribution in [0.1, 0.15) is 33.6 Å². The first-order valence-corrected chi connectivity index (χ1v) is 6.06. The molecule has 0 radical (unpaired) electrons. The van der Waals surface area contributed by atoms with Crippen LogP contribution in [0, 0.1) is 18.3 Å². The first kappa shape index (κ1) is 12.5. The van der Waals surface area contributed by atoms with E-state index in [1.165, 1.54) is 19.4 Å². The second-order valence-electron chi connectivity index (χ2n) is 4.88. The number of terminal acetylenes is 1. The van der Waals surface area contributed by atoms with Gasteiger partial charge in [-0.1, -0.05) is 19.8 Å². The monoisotopic (exact) mass is 208 g/mol. The second-order valence-corrected chi connectivity index (χ2v) is 4.88. The third-order valence-electron chi connectivity index (χ3n) is 3.34. The molecule has 1 N–H and O–H groups in total. The predicted molar refractivity (Wildman–Crippen MR) is 65.7 cm³/mol. The number of likely N-dealkylation sites (tertiary alicyclic amines) is 1. The zero-order valence-corrected chi connectivity index (χ0v) is 10.3. The summed E-state index contributed by atoms with van der Waals surface area (Å²) in [6.07, 6.45) is 7.93. The van der Waals surface area contributed by atoms with Crippen LogP contribution in [-0.2, 0) is 0 Å². The highest BCUT2D eigenvalue weighted by Gasteiger charge is 2.29. The zero-order valence-electron chi connectivity index (χ0n) is 10.3. The van der Waals surface area contributed by atoms with E-state index in [4.69, 9.17) is 6.42 Å². The second kappa shape index (κ2) is 6.15. The minimum absolute atomic E-state index is 0.605. The van der Waals surface area contributed by atoms with Crippen LogP contribution < -0.4 is 5.32 Å². The molecule has 1 aliphatic heterocycles. The van der Waals surface area contributed by atoms with Gasteiger partial charge in [0, 0.05) is 18.6 Å². The fraction of sp³-hybridized carbons (Fsp3) is 0.846. The van der Waals surface area contributed by atoms with Crippen LogP contribution >= 0.6 is 0 Å². The van der Waals surface area contributed by atoms with Gasteiger partial charge in [-0.25, -0.2) is 0 Å². The largest absolute Gasteiger partial charge is 0.305 e. The van der Waals surface area contributed by atoms with Gasteiger partial charge in [-0.3, -0.25) is 4.90 Å². The molecule has 1 rings (SSSR count). The zero-order chi connectivity index (χ0) is 11.3. The number of hydrogen-bond donors (Lipinski definition) is 1. The highest BCUT2D eigenvalue weighted by Crippen LogP contribution is 2.25. The average molecular weight is 208 g/mol. The molecule has 86 valence electrons. The Kier molecular flexibility index (Phi) is 5.14. The number of rotatable bonds is 5. The van der Waals surface area contributed by atoms with Gasteiger partial charge in [0.25, 0.3) is 0 Å². The Hall–Kier alpha value is -0.520. The smallest absolute Gasteiger partial charge is 0.0574 e. The van der Waals surface area contributed by atoms with E-state index in [0.717, 1.165) is 18.5 Å². The number of hydrogen-bond acceptors (Lipinski definition) is 2. The van der Waals surface area contributed by atoms with Crippen molar-refractivity contribution in [2.24, 2.45) is 5.92 Å². The van der Waals surface area contributed by atoms with E-state index in [1.807, 2.05) is 0 Å². The van der Waals surface area contributed by atoms with Gasteiger partial charge >= 0.3 is 0 Å². The van der Waals surface area contributed by atoms with Crippen molar-refractivity contribution < 1.29 is 0 Å². The molecule has 2 heteroatoms. The normalized spacial score (nSPS) is 24.3. The lowest BCUT2D eigenvalue weighted by Crippen LogP contribution is -2.45. The summed E-state index contributed by atoms with van der Waals surface area (Å²) in [6.45, 7) is 9.89. The summed E-state index contributed by atoms with van der Waals surface area (Å²) in [5.41, 5.74) is 0. The summed E-state index contributed by atoms with van der Waals surface area (Å²) in [5.74, 6) is 3.38. The Balaban J connectivity index is 2.37. The van der Waals surface area contributed by atoms with Crippen molar-refractivity contribution in [3.05, 3.63) is 0 Å². The van der Waals surface area contributed by atoms with E-state index in [-0.39, 0.29) is 0 Å². The minimum Gasteiger partial charge on any atom is -0.305 e. The molecule has 2 atom stereocenters. The molecular formula is C13H24N2. The summed E-state index contributed by atoms with van der Waals surface area (Å²) in [4.78, 5) is 2.63. The van der Waals surface area contributed by atoms with Crippen molar-refractivity contribution >= 4 is 0 Å². The SMILES string of the molecule is C#CCNCC(C)N1CCCC1C(C)C. The van der Waals surface area contributed by atoms with Gasteiger partial charge in [0.15, 0.2) is 0 Å². The summed E-state index contributed by atoms with van der Waals surface area (Å²) in [5, 5.41) is 3.29. The maximum Gasteiger partial charge on any atom is 0.0574 e. The molecule has 1 fully saturated rings. The van der Waals surface area contributed by atoms with Crippen LogP contribution in [0.3, 0.4) is 0 Å². The van der Waals surface area contributed by atoms with E-state index in [1.54, 1.807) is 0 Å². The van der Waals surface area contributed by atoms with Crippen LogP contribution in [0.5, 0.6) is 0 Å². The maximum atomic E-state index is 5.22. The van der Waals surface area contributed by atoms with E-state index in [0.29, 0.717) is 12.6 Å². The van der Waals surface area contributed by atoms with Crippen LogP contribution in [0.15, 0.2) is 0 Å². The number of nitrogens with zero attached hydrogens (tertiary/aromatic N) is 1. The van der Waals surface area contributed by atoms with Gasteiger partial charge < -0.3 is 5.32 Å². The lowest BCUT2D eigenvalue weighted by Gasteiger charge is -2.33. The summed E-state index contributed by atoms with van der Waals surface area (Å²) in [7, 11) is 0. The Morgan fingerprint density at radius 2 is 2.20 bits per heavy atom. The van der Waals surface area contributed by atoms with E-state index >= 15 is 0 Å². The molecule has 0 saturated carbocycles. The van der Waals surface area contributed by atoms with Crippen molar-refractivity contribution in [1.82, 2.24) is 10.2 Å². The Bertz CT molecular complexity index is 217. The van der Waals surface area contributed by atoms with Crippen LogP contribution in [0.2, 0.25) is 0 Å². The standard InChI is InChI=1S/C13H24N2/c1-5-8-14-10-12(4)15-9-6-7-13(15)11(2)3/h1,11-14H,6-10H2,2-4H3. The molecule has 0 aromatic rings. The molecular weight excluding hydrogens is 184 g/mol. The Morgan fingerprint density at radius 3 is 2.80 bits per heavy atom. The van der Waals surface area contributed by atoms with Crippen molar-refractivity contribution in [2.45, 2.75) is 45.7 Å². The molecule has 0 aromatic heterocycles. The van der Waals surface area contributed by atoms with Crippen molar-refractivity contribution in [3.63, 3.8) is 0 Å². The minimum atomic E-state index is 0.605. The molecule has 0 aromatic carbocycles. The summed E-state index contributed by atoms with van der Waals surface area (Å²) in [6, 6.07) is 1.38. The fourth-order valence-electron chi connectivity index (χ4n) is 2.55. The molecule has 0 amide bonds. The Morgan fingerprint density at radius 1 is 1.47 bits per heavy atom. The molecule has 2 unspecified atom stereocenters. The van der Waals surface area contributed by atoms with Gasteiger partial charge in [-0.05, 0) is 32.2 Å². The van der Waals surface area contributed by atoms with Crippen LogP contribution in [0.25, 0.3) is 0 Å². The van der Waals surface area contributed by atoms with Gasteiger partial charge in [0.2, 0.25) is 0 Å². The van der Waals surface area contributed by atoms with Crippen LogP contribution in [0.4, 0.5) is 0 Å². The molecule has 1 aliphatic rings. The van der Waals surface area contributed by atoms with Crippen molar-refractivity contribution in [1.29, 1.82) is 0 Å². The summed E-state index contributed by atoms with van der Waals surface area (Å²) < 4.78 is 0. The first-order valence-electron chi connectivity index (χ1n) is 6.06. The number of nitrogens with one attached hydrogen (secondary N) is 1. The van der Waals surface area contributed by atoms with E-state index in [2.05, 4.69) is 36.9 Å². The van der Waals surface area contributed by atoms with Crippen LogP contribution in [-0.4, -0.2) is 36.6 Å². The molecule has 0 bridgehead atoms. The van der Waals surface area contributed by atoms with Gasteiger partial charge in [-0.15, -0.1) is 6.42 Å². The molecule has 15 heavy (non-hydrogen) atoms. The molecule has 2 nitrogen and oxygen atoms in total. The van der Waals surface area contributed by atoms with Crippen molar-refractivity contribution in [3.8, 4) is 12.3 Å². The molecule has 1 heterocycles. The van der Waals surface area contributed by atoms with E-state index in [9.17, 15) is 0 Å². The predicted octanol–water partition coefficient (Wildman–Crippen LogP) is 1.72.